The Morgan fingerprint density at radius 3 is 2.68 bits per heavy atom. The molecular weight excluding hydrogens is 262 g/mol. The topological polar surface area (TPSA) is 68.0 Å². The molecule has 1 amide bonds. The van der Waals surface area contributed by atoms with E-state index in [-0.39, 0.29) is 11.6 Å². The maximum absolute atomic E-state index is 12.1. The van der Waals surface area contributed by atoms with E-state index in [1.54, 1.807) is 18.2 Å². The molecule has 1 aromatic carbocycles. The maximum atomic E-state index is 12.1. The highest BCUT2D eigenvalue weighted by Crippen LogP contribution is 2.23. The van der Waals surface area contributed by atoms with Crippen molar-refractivity contribution in [2.24, 2.45) is 0 Å². The van der Waals surface area contributed by atoms with Crippen LogP contribution in [0.2, 0.25) is 5.02 Å². The molecule has 0 spiro atoms. The molecule has 98 valence electrons. The third-order valence-corrected chi connectivity index (χ3v) is 3.10. The van der Waals surface area contributed by atoms with Crippen LogP contribution in [0.4, 0.5) is 11.4 Å². The van der Waals surface area contributed by atoms with Crippen molar-refractivity contribution in [3.63, 3.8) is 0 Å². The fraction of sp³-hybridized carbons (Fsp3) is 0.143. The molecule has 19 heavy (non-hydrogen) atoms. The second-order valence-electron chi connectivity index (χ2n) is 4.24. The highest BCUT2D eigenvalue weighted by atomic mass is 35.5. The molecule has 0 saturated heterocycles. The predicted octanol–water partition coefficient (Wildman–Crippen LogP) is 3.19. The lowest BCUT2D eigenvalue weighted by Gasteiger charge is -2.10. The molecule has 0 fully saturated rings. The normalized spacial score (nSPS) is 10.3. The van der Waals surface area contributed by atoms with Crippen LogP contribution in [0.3, 0.4) is 0 Å². The fourth-order valence-corrected chi connectivity index (χ4v) is 1.92. The van der Waals surface area contributed by atoms with E-state index in [0.29, 0.717) is 16.3 Å². The van der Waals surface area contributed by atoms with Gasteiger partial charge in [0.05, 0.1) is 27.7 Å². The van der Waals surface area contributed by atoms with Gasteiger partial charge >= 0.3 is 0 Å². The second-order valence-corrected chi connectivity index (χ2v) is 4.65. The van der Waals surface area contributed by atoms with Crippen molar-refractivity contribution in [3.05, 3.63) is 52.3 Å². The first-order chi connectivity index (χ1) is 8.99. The highest BCUT2D eigenvalue weighted by Gasteiger charge is 2.13. The molecule has 2 aromatic rings. The summed E-state index contributed by atoms with van der Waals surface area (Å²) in [6, 6.07) is 8.62. The summed E-state index contributed by atoms with van der Waals surface area (Å²) in [6.07, 6.45) is 0. The van der Waals surface area contributed by atoms with Gasteiger partial charge in [-0.2, -0.15) is 0 Å². The number of amides is 1. The van der Waals surface area contributed by atoms with Crippen molar-refractivity contribution in [1.29, 1.82) is 0 Å². The summed E-state index contributed by atoms with van der Waals surface area (Å²) in [5, 5.41) is 3.15. The number of halogens is 1. The summed E-state index contributed by atoms with van der Waals surface area (Å²) in [5.74, 6) is -0.297. The van der Waals surface area contributed by atoms with Gasteiger partial charge in [-0.3, -0.25) is 9.78 Å². The van der Waals surface area contributed by atoms with Crippen LogP contribution in [0.25, 0.3) is 0 Å². The van der Waals surface area contributed by atoms with Gasteiger partial charge in [0, 0.05) is 5.69 Å². The average Bonchev–Trinajstić information content (AvgIpc) is 2.36. The number of rotatable bonds is 2. The standard InChI is InChI=1S/C14H14ClN3O/c1-8-6-7-12(9(2)17-8)18-14(19)10-4-3-5-11(15)13(10)16/h3-7H,16H2,1-2H3,(H,18,19). The number of pyridine rings is 1. The number of benzene rings is 1. The smallest absolute Gasteiger partial charge is 0.257 e. The minimum absolute atomic E-state index is 0.277. The Labute approximate surface area is 116 Å². The molecule has 3 N–H and O–H groups in total. The zero-order chi connectivity index (χ0) is 14.0. The summed E-state index contributed by atoms with van der Waals surface area (Å²) in [7, 11) is 0. The van der Waals surface area contributed by atoms with Crippen LogP contribution in [0.5, 0.6) is 0 Å². The largest absolute Gasteiger partial charge is 0.397 e. The van der Waals surface area contributed by atoms with Gasteiger partial charge in [-0.25, -0.2) is 0 Å². The van der Waals surface area contributed by atoms with E-state index in [9.17, 15) is 4.79 Å². The van der Waals surface area contributed by atoms with Gasteiger partial charge in [-0.15, -0.1) is 0 Å². The number of anilines is 2. The van der Waals surface area contributed by atoms with Crippen LogP contribution in [-0.2, 0) is 0 Å². The molecule has 1 heterocycles. The van der Waals surface area contributed by atoms with Gasteiger partial charge in [-0.05, 0) is 38.1 Å². The lowest BCUT2D eigenvalue weighted by atomic mass is 10.1. The summed E-state index contributed by atoms with van der Waals surface area (Å²) in [4.78, 5) is 16.4. The molecule has 1 aromatic heterocycles. The van der Waals surface area contributed by atoms with Crippen molar-refractivity contribution in [1.82, 2.24) is 4.98 Å². The molecule has 0 aliphatic rings. The van der Waals surface area contributed by atoms with Crippen molar-refractivity contribution in [2.75, 3.05) is 11.1 Å². The molecule has 0 aliphatic heterocycles. The lowest BCUT2D eigenvalue weighted by Crippen LogP contribution is -2.15. The summed E-state index contributed by atoms with van der Waals surface area (Å²) >= 11 is 5.90. The lowest BCUT2D eigenvalue weighted by molar-refractivity contribution is 0.102. The van der Waals surface area contributed by atoms with E-state index in [1.165, 1.54) is 0 Å². The number of hydrogen-bond donors (Lipinski definition) is 2. The molecule has 0 atom stereocenters. The Balaban J connectivity index is 2.28. The molecule has 5 heteroatoms. The molecule has 4 nitrogen and oxygen atoms in total. The maximum Gasteiger partial charge on any atom is 0.257 e. The Kier molecular flexibility index (Phi) is 3.71. The van der Waals surface area contributed by atoms with Crippen molar-refractivity contribution >= 4 is 28.9 Å². The Bertz CT molecular complexity index is 641. The number of nitrogens with two attached hydrogens (primary N) is 1. The second kappa shape index (κ2) is 5.28. The number of nitrogens with one attached hydrogen (secondary N) is 1. The Morgan fingerprint density at radius 1 is 1.26 bits per heavy atom. The van der Waals surface area contributed by atoms with Gasteiger partial charge in [0.25, 0.3) is 5.91 Å². The molecule has 0 unspecified atom stereocenters. The third-order valence-electron chi connectivity index (χ3n) is 2.77. The first kappa shape index (κ1) is 13.4. The Morgan fingerprint density at radius 2 is 2.00 bits per heavy atom. The third kappa shape index (κ3) is 2.85. The average molecular weight is 276 g/mol. The Hall–Kier alpha value is -2.07. The monoisotopic (exact) mass is 275 g/mol. The predicted molar refractivity (Wildman–Crippen MR) is 77.5 cm³/mol. The number of nitrogens with zero attached hydrogens (tertiary/aromatic N) is 1. The first-order valence-corrected chi connectivity index (χ1v) is 6.16. The number of nitrogen functional groups attached to an aromatic ring is 1. The van der Waals surface area contributed by atoms with E-state index in [4.69, 9.17) is 17.3 Å². The van der Waals surface area contributed by atoms with Crippen LogP contribution in [0.15, 0.2) is 30.3 Å². The number of aryl methyl sites for hydroxylation is 2. The number of para-hydroxylation sites is 1. The number of aromatic nitrogens is 1. The minimum Gasteiger partial charge on any atom is -0.397 e. The summed E-state index contributed by atoms with van der Waals surface area (Å²) in [6.45, 7) is 3.73. The van der Waals surface area contributed by atoms with Crippen molar-refractivity contribution in [2.45, 2.75) is 13.8 Å². The van der Waals surface area contributed by atoms with Gasteiger partial charge in [0.2, 0.25) is 0 Å². The zero-order valence-corrected chi connectivity index (χ0v) is 11.5. The quantitative estimate of drug-likeness (QED) is 0.827. The van der Waals surface area contributed by atoms with Crippen LogP contribution in [0, 0.1) is 13.8 Å². The molecule has 0 bridgehead atoms. The van der Waals surface area contributed by atoms with Crippen LogP contribution < -0.4 is 11.1 Å². The molecule has 0 radical (unpaired) electrons. The summed E-state index contributed by atoms with van der Waals surface area (Å²) in [5.41, 5.74) is 8.74. The van der Waals surface area contributed by atoms with Gasteiger partial charge < -0.3 is 11.1 Å². The molecule has 0 aliphatic carbocycles. The molecular formula is C14H14ClN3O. The van der Waals surface area contributed by atoms with E-state index in [0.717, 1.165) is 11.4 Å². The first-order valence-electron chi connectivity index (χ1n) is 5.78. The van der Waals surface area contributed by atoms with Gasteiger partial charge in [-0.1, -0.05) is 17.7 Å². The van der Waals surface area contributed by atoms with Gasteiger partial charge in [0.1, 0.15) is 0 Å². The zero-order valence-electron chi connectivity index (χ0n) is 10.7. The van der Waals surface area contributed by atoms with E-state index in [1.807, 2.05) is 26.0 Å². The molecule has 2 rings (SSSR count). The van der Waals surface area contributed by atoms with E-state index in [2.05, 4.69) is 10.3 Å². The number of carbonyl (C=O) groups excluding carboxylic acids is 1. The van der Waals surface area contributed by atoms with Crippen molar-refractivity contribution < 1.29 is 4.79 Å². The van der Waals surface area contributed by atoms with Gasteiger partial charge in [0.15, 0.2) is 0 Å². The highest BCUT2D eigenvalue weighted by molar-refractivity contribution is 6.34. The number of carbonyl (C=O) groups is 1. The van der Waals surface area contributed by atoms with Crippen LogP contribution >= 0.6 is 11.6 Å². The number of hydrogen-bond acceptors (Lipinski definition) is 3. The SMILES string of the molecule is Cc1ccc(NC(=O)c2cccc(Cl)c2N)c(C)n1. The summed E-state index contributed by atoms with van der Waals surface area (Å²) < 4.78 is 0. The van der Waals surface area contributed by atoms with Crippen LogP contribution in [0.1, 0.15) is 21.7 Å². The van der Waals surface area contributed by atoms with Crippen molar-refractivity contribution in [3.8, 4) is 0 Å². The van der Waals surface area contributed by atoms with E-state index >= 15 is 0 Å². The van der Waals surface area contributed by atoms with Crippen LogP contribution in [-0.4, -0.2) is 10.9 Å². The molecule has 0 saturated carbocycles. The van der Waals surface area contributed by atoms with E-state index < -0.39 is 0 Å². The minimum atomic E-state index is -0.297. The fourth-order valence-electron chi connectivity index (χ4n) is 1.74.